The van der Waals surface area contributed by atoms with Crippen molar-refractivity contribution in [2.75, 3.05) is 13.7 Å². The topological polar surface area (TPSA) is 29.5 Å². The minimum atomic E-state index is -0.105. The number of hydrogen-bond acceptors (Lipinski definition) is 3. The van der Waals surface area contributed by atoms with Gasteiger partial charge in [-0.1, -0.05) is 43.5 Å². The van der Waals surface area contributed by atoms with Gasteiger partial charge in [0.15, 0.2) is 0 Å². The summed E-state index contributed by atoms with van der Waals surface area (Å²) in [5.41, 5.74) is 2.67. The smallest absolute Gasteiger partial charge is 0.323 e. The number of methoxy groups -OCH3 is 1. The molecular weight excluding hydrogens is 262 g/mol. The number of fused-ring (bicyclic) bond motifs is 1. The van der Waals surface area contributed by atoms with Crippen LogP contribution in [0.2, 0.25) is 0 Å². The second kappa shape index (κ2) is 6.61. The van der Waals surface area contributed by atoms with Gasteiger partial charge >= 0.3 is 5.97 Å². The molecule has 3 heteroatoms. The molecule has 1 atom stereocenters. The van der Waals surface area contributed by atoms with Crippen molar-refractivity contribution >= 4 is 5.97 Å². The molecular formula is C18H25NO2. The number of esters is 1. The van der Waals surface area contributed by atoms with Crippen LogP contribution in [-0.2, 0) is 22.5 Å². The van der Waals surface area contributed by atoms with E-state index in [1.807, 2.05) is 0 Å². The van der Waals surface area contributed by atoms with Gasteiger partial charge in [0, 0.05) is 13.1 Å². The van der Waals surface area contributed by atoms with E-state index in [1.165, 1.54) is 50.3 Å². The molecule has 0 saturated heterocycles. The minimum absolute atomic E-state index is 0.0830. The van der Waals surface area contributed by atoms with Crippen LogP contribution in [0.15, 0.2) is 24.3 Å². The summed E-state index contributed by atoms with van der Waals surface area (Å²) in [6.45, 7) is 1.92. The Bertz CT molecular complexity index is 494. The summed E-state index contributed by atoms with van der Waals surface area (Å²) < 4.78 is 5.04. The van der Waals surface area contributed by atoms with Gasteiger partial charge in [0.25, 0.3) is 0 Å². The Morgan fingerprint density at radius 3 is 2.62 bits per heavy atom. The molecule has 1 unspecified atom stereocenters. The van der Waals surface area contributed by atoms with Crippen molar-refractivity contribution in [2.24, 2.45) is 5.92 Å². The summed E-state index contributed by atoms with van der Waals surface area (Å²) in [4.78, 5) is 14.5. The number of ether oxygens (including phenoxy) is 1. The zero-order chi connectivity index (χ0) is 14.7. The van der Waals surface area contributed by atoms with Gasteiger partial charge in [-0.05, 0) is 36.3 Å². The highest BCUT2D eigenvalue weighted by atomic mass is 16.5. The molecule has 1 saturated carbocycles. The fraction of sp³-hybridized carbons (Fsp3) is 0.611. The summed E-state index contributed by atoms with van der Waals surface area (Å²) in [5.74, 6) is 0.663. The first-order valence-corrected chi connectivity index (χ1v) is 8.16. The quantitative estimate of drug-likeness (QED) is 0.800. The van der Waals surface area contributed by atoms with E-state index in [2.05, 4.69) is 29.2 Å². The predicted molar refractivity (Wildman–Crippen MR) is 82.9 cm³/mol. The van der Waals surface area contributed by atoms with Gasteiger partial charge in [-0.15, -0.1) is 0 Å². The molecule has 1 aromatic carbocycles. The van der Waals surface area contributed by atoms with E-state index in [0.29, 0.717) is 0 Å². The lowest BCUT2D eigenvalue weighted by Crippen LogP contribution is -2.48. The highest BCUT2D eigenvalue weighted by Crippen LogP contribution is 2.29. The van der Waals surface area contributed by atoms with E-state index in [0.717, 1.165) is 25.4 Å². The third kappa shape index (κ3) is 3.29. The first-order chi connectivity index (χ1) is 10.3. The summed E-state index contributed by atoms with van der Waals surface area (Å²) in [6.07, 6.45) is 7.48. The van der Waals surface area contributed by atoms with Crippen LogP contribution < -0.4 is 0 Å². The maximum Gasteiger partial charge on any atom is 0.323 e. The number of carbonyl (C=O) groups excluding carboxylic acids is 1. The summed E-state index contributed by atoms with van der Waals surface area (Å²) in [6, 6.07) is 8.38. The van der Waals surface area contributed by atoms with E-state index in [-0.39, 0.29) is 12.0 Å². The van der Waals surface area contributed by atoms with E-state index >= 15 is 0 Å². The van der Waals surface area contributed by atoms with Gasteiger partial charge in [0.2, 0.25) is 0 Å². The highest BCUT2D eigenvalue weighted by Gasteiger charge is 2.33. The number of carbonyl (C=O) groups is 1. The third-order valence-electron chi connectivity index (χ3n) is 5.04. The second-order valence-corrected chi connectivity index (χ2v) is 6.45. The lowest BCUT2D eigenvalue weighted by Gasteiger charge is -2.38. The maximum absolute atomic E-state index is 12.2. The molecule has 1 aromatic rings. The Morgan fingerprint density at radius 2 is 1.90 bits per heavy atom. The van der Waals surface area contributed by atoms with Gasteiger partial charge in [-0.3, -0.25) is 9.69 Å². The van der Waals surface area contributed by atoms with Crippen molar-refractivity contribution in [1.82, 2.24) is 4.90 Å². The molecule has 1 aliphatic carbocycles. The number of hydrogen-bond donors (Lipinski definition) is 0. The maximum atomic E-state index is 12.2. The zero-order valence-corrected chi connectivity index (χ0v) is 12.9. The van der Waals surface area contributed by atoms with Gasteiger partial charge in [0.05, 0.1) is 7.11 Å². The normalized spacial score (nSPS) is 23.6. The number of nitrogens with zero attached hydrogens (tertiary/aromatic N) is 1. The highest BCUT2D eigenvalue weighted by molar-refractivity contribution is 5.76. The van der Waals surface area contributed by atoms with Gasteiger partial charge in [-0.2, -0.15) is 0 Å². The molecule has 0 aromatic heterocycles. The standard InChI is InChI=1S/C18H25NO2/c1-21-18(20)17-11-15-9-5-6-10-16(15)13-19(17)12-14-7-3-2-4-8-14/h5-6,9-10,14,17H,2-4,7-8,11-13H2,1H3. The molecule has 21 heavy (non-hydrogen) atoms. The van der Waals surface area contributed by atoms with E-state index in [4.69, 9.17) is 4.74 Å². The monoisotopic (exact) mass is 287 g/mol. The fourth-order valence-corrected chi connectivity index (χ4v) is 3.84. The Labute approximate surface area is 127 Å². The van der Waals surface area contributed by atoms with Crippen LogP contribution in [0.3, 0.4) is 0 Å². The molecule has 0 N–H and O–H groups in total. The minimum Gasteiger partial charge on any atom is -0.468 e. The molecule has 1 fully saturated rings. The van der Waals surface area contributed by atoms with Crippen LogP contribution in [0.25, 0.3) is 0 Å². The van der Waals surface area contributed by atoms with Crippen LogP contribution >= 0.6 is 0 Å². The van der Waals surface area contributed by atoms with Crippen LogP contribution in [0.1, 0.15) is 43.2 Å². The van der Waals surface area contributed by atoms with Gasteiger partial charge in [0.1, 0.15) is 6.04 Å². The first kappa shape index (κ1) is 14.6. The van der Waals surface area contributed by atoms with Crippen LogP contribution in [-0.4, -0.2) is 30.6 Å². The lowest BCUT2D eigenvalue weighted by atomic mass is 9.87. The second-order valence-electron chi connectivity index (χ2n) is 6.45. The van der Waals surface area contributed by atoms with E-state index in [1.54, 1.807) is 0 Å². The van der Waals surface area contributed by atoms with Gasteiger partial charge < -0.3 is 4.74 Å². The molecule has 3 rings (SSSR count). The van der Waals surface area contributed by atoms with E-state index in [9.17, 15) is 4.79 Å². The average Bonchev–Trinajstić information content (AvgIpc) is 2.54. The Hall–Kier alpha value is -1.35. The molecule has 1 heterocycles. The molecule has 0 radical (unpaired) electrons. The Balaban J connectivity index is 1.76. The molecule has 3 nitrogen and oxygen atoms in total. The van der Waals surface area contributed by atoms with Crippen molar-refractivity contribution in [1.29, 1.82) is 0 Å². The van der Waals surface area contributed by atoms with Crippen molar-refractivity contribution < 1.29 is 9.53 Å². The van der Waals surface area contributed by atoms with Gasteiger partial charge in [-0.25, -0.2) is 0 Å². The van der Waals surface area contributed by atoms with Crippen LogP contribution in [0, 0.1) is 5.92 Å². The third-order valence-corrected chi connectivity index (χ3v) is 5.04. The molecule has 0 amide bonds. The SMILES string of the molecule is COC(=O)C1Cc2ccccc2CN1CC1CCCCC1. The van der Waals surface area contributed by atoms with Crippen molar-refractivity contribution in [3.05, 3.63) is 35.4 Å². The molecule has 0 bridgehead atoms. The molecule has 114 valence electrons. The van der Waals surface area contributed by atoms with Crippen molar-refractivity contribution in [3.8, 4) is 0 Å². The number of benzene rings is 1. The first-order valence-electron chi connectivity index (χ1n) is 8.16. The molecule has 0 spiro atoms. The summed E-state index contributed by atoms with van der Waals surface area (Å²) >= 11 is 0. The van der Waals surface area contributed by atoms with Crippen LogP contribution in [0.5, 0.6) is 0 Å². The molecule has 1 aliphatic heterocycles. The average molecular weight is 287 g/mol. The van der Waals surface area contributed by atoms with Crippen LogP contribution in [0.4, 0.5) is 0 Å². The fourth-order valence-electron chi connectivity index (χ4n) is 3.84. The molecule has 2 aliphatic rings. The zero-order valence-electron chi connectivity index (χ0n) is 12.9. The Kier molecular flexibility index (Phi) is 4.59. The van der Waals surface area contributed by atoms with Crippen molar-refractivity contribution in [3.63, 3.8) is 0 Å². The predicted octanol–water partition coefficient (Wildman–Crippen LogP) is 3.17. The largest absolute Gasteiger partial charge is 0.468 e. The number of rotatable bonds is 3. The van der Waals surface area contributed by atoms with E-state index < -0.39 is 0 Å². The van der Waals surface area contributed by atoms with Crippen molar-refractivity contribution in [2.45, 2.75) is 51.1 Å². The Morgan fingerprint density at radius 1 is 1.19 bits per heavy atom. The summed E-state index contributed by atoms with van der Waals surface area (Å²) in [5, 5.41) is 0. The summed E-state index contributed by atoms with van der Waals surface area (Å²) in [7, 11) is 1.50. The lowest BCUT2D eigenvalue weighted by molar-refractivity contribution is -0.148.